The van der Waals surface area contributed by atoms with Gasteiger partial charge in [-0.15, -0.1) is 11.3 Å². The van der Waals surface area contributed by atoms with Gasteiger partial charge in [-0.2, -0.15) is 4.99 Å². The number of fused-ring (bicyclic) bond motifs is 2. The van der Waals surface area contributed by atoms with Crippen LogP contribution in [0, 0.1) is 5.82 Å². The molecule has 0 saturated heterocycles. The number of hydrogen-bond donors (Lipinski definition) is 1. The van der Waals surface area contributed by atoms with E-state index in [0.29, 0.717) is 29.8 Å². The molecule has 1 aliphatic rings. The quantitative estimate of drug-likeness (QED) is 0.383. The molecule has 204 valence electrons. The summed E-state index contributed by atoms with van der Waals surface area (Å²) in [6, 6.07) is 4.13. The van der Waals surface area contributed by atoms with Crippen LogP contribution in [0.15, 0.2) is 23.2 Å². The number of methoxy groups -OCH3 is 2. The van der Waals surface area contributed by atoms with Crippen molar-refractivity contribution in [1.29, 1.82) is 0 Å². The van der Waals surface area contributed by atoms with Gasteiger partial charge in [0.2, 0.25) is 5.91 Å². The molecule has 14 heteroatoms. The molecule has 38 heavy (non-hydrogen) atoms. The minimum absolute atomic E-state index is 0.194. The zero-order chi connectivity index (χ0) is 27.4. The predicted molar refractivity (Wildman–Crippen MR) is 142 cm³/mol. The van der Waals surface area contributed by atoms with Crippen LogP contribution in [0.5, 0.6) is 0 Å². The van der Waals surface area contributed by atoms with Crippen LogP contribution < -0.4 is 10.1 Å². The Labute approximate surface area is 226 Å². The number of carbonyl (C=O) groups is 3. The molecular formula is C24H26FN3O7S3. The molecule has 0 atom stereocenters. The fraction of sp³-hybridized carbons (Fsp3) is 0.417. The molecule has 1 aromatic carbocycles. The summed E-state index contributed by atoms with van der Waals surface area (Å²) in [5.74, 6) is -4.82. The molecule has 0 unspecified atom stereocenters. The number of nitrogens with one attached hydrogen (secondary N) is 1. The summed E-state index contributed by atoms with van der Waals surface area (Å²) in [4.78, 5) is 42.7. The number of aromatic nitrogens is 1. The maximum Gasteiger partial charge on any atom is 0.341 e. The summed E-state index contributed by atoms with van der Waals surface area (Å²) >= 11 is 2.28. The fourth-order valence-corrected chi connectivity index (χ4v) is 7.65. The van der Waals surface area contributed by atoms with Gasteiger partial charge >= 0.3 is 5.97 Å². The van der Waals surface area contributed by atoms with Gasteiger partial charge in [-0.1, -0.05) is 11.3 Å². The maximum atomic E-state index is 13.7. The van der Waals surface area contributed by atoms with Gasteiger partial charge < -0.3 is 19.4 Å². The molecule has 0 spiro atoms. The molecule has 0 bridgehead atoms. The highest BCUT2D eigenvalue weighted by atomic mass is 32.2. The van der Waals surface area contributed by atoms with E-state index in [2.05, 4.69) is 10.3 Å². The monoisotopic (exact) mass is 583 g/mol. The number of amides is 2. The molecule has 1 N–H and O–H groups in total. The first-order valence-corrected chi connectivity index (χ1v) is 15.2. The van der Waals surface area contributed by atoms with E-state index in [-0.39, 0.29) is 15.4 Å². The lowest BCUT2D eigenvalue weighted by atomic mass is 9.95. The largest absolute Gasteiger partial charge is 0.465 e. The van der Waals surface area contributed by atoms with Gasteiger partial charge in [0.1, 0.15) is 22.3 Å². The second-order valence-electron chi connectivity index (χ2n) is 8.63. The van der Waals surface area contributed by atoms with Crippen LogP contribution in [0.25, 0.3) is 10.2 Å². The van der Waals surface area contributed by atoms with Crippen LogP contribution >= 0.6 is 22.7 Å². The Hall–Kier alpha value is -2.94. The van der Waals surface area contributed by atoms with E-state index in [1.165, 1.54) is 37.7 Å². The molecule has 2 aromatic heterocycles. The Morgan fingerprint density at radius 2 is 1.89 bits per heavy atom. The standard InChI is InChI=1S/C24H26FN3O7S3/c1-34-10-9-28-16-8-7-14(25)11-18(16)37-24(28)27-20(30)13-38(32,33)12-19(29)26-22-21(23(31)35-2)15-5-3-4-6-17(15)36-22/h7-8,11H,3-6,9-10,12-13H2,1-2H3,(H,26,29). The second kappa shape index (κ2) is 11.8. The van der Waals surface area contributed by atoms with Crippen LogP contribution in [-0.2, 0) is 48.3 Å². The number of esters is 1. The van der Waals surface area contributed by atoms with Gasteiger partial charge in [-0.3, -0.25) is 9.59 Å². The van der Waals surface area contributed by atoms with Crippen LogP contribution in [0.4, 0.5) is 9.39 Å². The number of sulfone groups is 1. The van der Waals surface area contributed by atoms with E-state index in [1.54, 1.807) is 10.6 Å². The summed E-state index contributed by atoms with van der Waals surface area (Å²) in [5, 5.41) is 2.77. The summed E-state index contributed by atoms with van der Waals surface area (Å²) in [6.07, 6.45) is 3.31. The molecule has 2 heterocycles. The lowest BCUT2D eigenvalue weighted by Gasteiger charge is -2.11. The summed E-state index contributed by atoms with van der Waals surface area (Å²) < 4.78 is 51.2. The van der Waals surface area contributed by atoms with Crippen molar-refractivity contribution in [2.45, 2.75) is 32.2 Å². The zero-order valence-corrected chi connectivity index (χ0v) is 23.2. The number of nitrogens with zero attached hydrogens (tertiary/aromatic N) is 2. The van der Waals surface area contributed by atoms with Crippen molar-refractivity contribution in [3.05, 3.63) is 44.8 Å². The van der Waals surface area contributed by atoms with Crippen LogP contribution in [-0.4, -0.2) is 63.1 Å². The normalized spacial score (nSPS) is 13.9. The number of hydrogen-bond acceptors (Lipinski definition) is 9. The summed E-state index contributed by atoms with van der Waals surface area (Å²) in [6.45, 7) is 0.611. The number of aryl methyl sites for hydroxylation is 1. The highest BCUT2D eigenvalue weighted by Gasteiger charge is 2.28. The van der Waals surface area contributed by atoms with Crippen LogP contribution in [0.3, 0.4) is 0 Å². The molecule has 0 saturated carbocycles. The van der Waals surface area contributed by atoms with E-state index < -0.39 is 44.9 Å². The zero-order valence-electron chi connectivity index (χ0n) is 20.7. The number of rotatable bonds is 9. The number of benzene rings is 1. The van der Waals surface area contributed by atoms with Gasteiger partial charge in [0.15, 0.2) is 14.6 Å². The third-order valence-corrected chi connectivity index (χ3v) is 9.53. The van der Waals surface area contributed by atoms with Crippen molar-refractivity contribution in [3.8, 4) is 0 Å². The number of halogens is 1. The summed E-state index contributed by atoms with van der Waals surface area (Å²) in [7, 11) is -1.43. The first kappa shape index (κ1) is 28.1. The topological polar surface area (TPSA) is 133 Å². The van der Waals surface area contributed by atoms with Gasteiger partial charge in [-0.05, 0) is 49.4 Å². The number of anilines is 1. The Balaban J connectivity index is 1.51. The average Bonchev–Trinajstić information content (AvgIpc) is 3.37. The second-order valence-corrected chi connectivity index (χ2v) is 12.8. The van der Waals surface area contributed by atoms with E-state index in [4.69, 9.17) is 9.47 Å². The number of carbonyl (C=O) groups excluding carboxylic acids is 3. The lowest BCUT2D eigenvalue weighted by molar-refractivity contribution is -0.115. The SMILES string of the molecule is COCCn1c(=NC(=O)CS(=O)(=O)CC(=O)Nc2sc3c(c2C(=O)OC)CCCC3)sc2cc(F)ccc21. The van der Waals surface area contributed by atoms with E-state index in [9.17, 15) is 27.2 Å². The van der Waals surface area contributed by atoms with Crippen molar-refractivity contribution >= 4 is 65.5 Å². The summed E-state index contributed by atoms with van der Waals surface area (Å²) in [5.41, 5.74) is 1.71. The lowest BCUT2D eigenvalue weighted by Crippen LogP contribution is -2.28. The Bertz CT molecular complexity index is 1570. The van der Waals surface area contributed by atoms with Crippen molar-refractivity contribution in [2.75, 3.05) is 37.6 Å². The molecule has 0 aliphatic heterocycles. The van der Waals surface area contributed by atoms with Gasteiger partial charge in [0.25, 0.3) is 5.91 Å². The van der Waals surface area contributed by atoms with Gasteiger partial charge in [0, 0.05) is 18.5 Å². The number of thiazole rings is 1. The molecule has 2 amide bonds. The molecule has 10 nitrogen and oxygen atoms in total. The Morgan fingerprint density at radius 1 is 1.13 bits per heavy atom. The maximum absolute atomic E-state index is 13.7. The third-order valence-electron chi connectivity index (χ3n) is 5.89. The number of thiophene rings is 1. The van der Waals surface area contributed by atoms with E-state index in [1.807, 2.05) is 0 Å². The molecular weight excluding hydrogens is 557 g/mol. The minimum atomic E-state index is -4.18. The van der Waals surface area contributed by atoms with Crippen molar-refractivity contribution in [2.24, 2.45) is 4.99 Å². The third kappa shape index (κ3) is 6.37. The van der Waals surface area contributed by atoms with Gasteiger partial charge in [-0.25, -0.2) is 17.6 Å². The van der Waals surface area contributed by atoms with E-state index in [0.717, 1.165) is 41.0 Å². The first-order chi connectivity index (χ1) is 18.1. The Kier molecular flexibility index (Phi) is 8.75. The van der Waals surface area contributed by atoms with Crippen molar-refractivity contribution < 1.29 is 36.7 Å². The number of ether oxygens (including phenoxy) is 2. The first-order valence-electron chi connectivity index (χ1n) is 11.7. The van der Waals surface area contributed by atoms with Crippen molar-refractivity contribution in [1.82, 2.24) is 4.57 Å². The smallest absolute Gasteiger partial charge is 0.341 e. The molecule has 4 rings (SSSR count). The van der Waals surface area contributed by atoms with Crippen molar-refractivity contribution in [3.63, 3.8) is 0 Å². The molecule has 3 aromatic rings. The highest BCUT2D eigenvalue weighted by molar-refractivity contribution is 7.92. The Morgan fingerprint density at radius 3 is 2.63 bits per heavy atom. The van der Waals surface area contributed by atoms with Gasteiger partial charge in [0.05, 0.1) is 29.5 Å². The minimum Gasteiger partial charge on any atom is -0.465 e. The molecule has 0 fully saturated rings. The average molecular weight is 584 g/mol. The van der Waals surface area contributed by atoms with E-state index >= 15 is 0 Å². The molecule has 0 radical (unpaired) electrons. The predicted octanol–water partition coefficient (Wildman–Crippen LogP) is 2.70. The van der Waals surface area contributed by atoms with Crippen LogP contribution in [0.1, 0.15) is 33.6 Å². The molecule has 1 aliphatic carbocycles. The highest BCUT2D eigenvalue weighted by Crippen LogP contribution is 2.38. The van der Waals surface area contributed by atoms with Crippen LogP contribution in [0.2, 0.25) is 0 Å². The fourth-order valence-electron chi connectivity index (χ4n) is 4.24.